The number of hydrogen-bond donors (Lipinski definition) is 4. The lowest BCUT2D eigenvalue weighted by Crippen LogP contribution is -2.71. The van der Waals surface area contributed by atoms with E-state index in [0.29, 0.717) is 21.6 Å². The van der Waals surface area contributed by atoms with Crippen LogP contribution in [0.5, 0.6) is 0 Å². The number of nitrogen functional groups attached to an aromatic ring is 1. The van der Waals surface area contributed by atoms with Crippen molar-refractivity contribution in [2.45, 2.75) is 42.1 Å². The van der Waals surface area contributed by atoms with Gasteiger partial charge in [0.25, 0.3) is 11.8 Å². The third-order valence-electron chi connectivity index (χ3n) is 8.61. The van der Waals surface area contributed by atoms with Crippen molar-refractivity contribution in [3.05, 3.63) is 130 Å². The van der Waals surface area contributed by atoms with E-state index in [1.165, 1.54) is 28.0 Å². The number of thioether (sulfide) groups is 2. The van der Waals surface area contributed by atoms with Crippen LogP contribution in [0.25, 0.3) is 0 Å². The molecule has 3 aromatic carbocycles. The maximum atomic E-state index is 14.0. The van der Waals surface area contributed by atoms with E-state index >= 15 is 0 Å². The Labute approximate surface area is 322 Å². The summed E-state index contributed by atoms with van der Waals surface area (Å²) >= 11 is 3.78. The second-order valence-electron chi connectivity index (χ2n) is 12.4. The number of carbonyl (C=O) groups excluding carboxylic acids is 2. The number of thiazole rings is 1. The molecule has 1 saturated heterocycles. The summed E-state index contributed by atoms with van der Waals surface area (Å²) in [4.78, 5) is 52.4. The molecular formula is C36H34N10O5S3. The van der Waals surface area contributed by atoms with Crippen molar-refractivity contribution < 1.29 is 24.3 Å². The van der Waals surface area contributed by atoms with Gasteiger partial charge in [0.05, 0.1) is 0 Å². The molecule has 7 rings (SSSR count). The molecule has 0 bridgehead atoms. The van der Waals surface area contributed by atoms with E-state index in [1.54, 1.807) is 19.2 Å². The van der Waals surface area contributed by atoms with Crippen molar-refractivity contribution in [2.75, 3.05) is 22.7 Å². The van der Waals surface area contributed by atoms with Crippen LogP contribution in [-0.4, -0.2) is 87.8 Å². The van der Waals surface area contributed by atoms with Crippen LogP contribution < -0.4 is 16.5 Å². The van der Waals surface area contributed by atoms with Gasteiger partial charge < -0.3 is 26.4 Å². The number of hydrogen-bond acceptors (Lipinski definition) is 14. The van der Waals surface area contributed by atoms with Gasteiger partial charge >= 0.3 is 5.97 Å². The highest BCUT2D eigenvalue weighted by Crippen LogP contribution is 2.42. The molecule has 2 aromatic heterocycles. The van der Waals surface area contributed by atoms with Gasteiger partial charge in [0.2, 0.25) is 5.16 Å². The molecule has 5 N–H and O–H groups in total. The fourth-order valence-electron chi connectivity index (χ4n) is 6.18. The number of tetrazole rings is 1. The maximum absolute atomic E-state index is 14.0. The number of oxime groups is 1. The van der Waals surface area contributed by atoms with E-state index in [-0.39, 0.29) is 29.0 Å². The van der Waals surface area contributed by atoms with Crippen LogP contribution in [0.15, 0.2) is 118 Å². The third kappa shape index (κ3) is 7.14. The Balaban J connectivity index is 1.15. The topological polar surface area (TPSA) is 203 Å². The molecule has 0 radical (unpaired) electrons. The lowest BCUT2D eigenvalue weighted by molar-refractivity contribution is -0.150. The van der Waals surface area contributed by atoms with E-state index in [4.69, 9.17) is 15.7 Å². The van der Waals surface area contributed by atoms with Gasteiger partial charge in [0.1, 0.15) is 34.4 Å². The molecule has 2 atom stereocenters. The summed E-state index contributed by atoms with van der Waals surface area (Å²) in [6.45, 7) is 3.55. The average molecular weight is 783 g/mol. The standard InChI is InChI=1S/C36H34N10O5S3/c1-21(2)51-42-27(30(47)39-28-31(48)45-29(33(49)50)22(18-52-32(28)45)19-54-35-41-43-44-46(35)37)26-20-53-34(38-26)40-36(23-12-6-3-7-13-23,24-14-8-4-9-15-24)25-16-10-5-11-17-25/h3-17,20-21,28,32H,18-19,37H2,1-2H3,(H,38,40)(H,39,47)(H,49,50)/b42-27+/t28-,32-/m1/s1. The van der Waals surface area contributed by atoms with E-state index in [9.17, 15) is 19.5 Å². The minimum Gasteiger partial charge on any atom is -0.477 e. The number of nitrogens with zero attached hydrogens (tertiary/aromatic N) is 7. The second kappa shape index (κ2) is 15.7. The number of anilines is 1. The Hall–Kier alpha value is -5.72. The highest BCUT2D eigenvalue weighted by Gasteiger charge is 2.54. The Morgan fingerprint density at radius 2 is 1.65 bits per heavy atom. The van der Waals surface area contributed by atoms with Gasteiger partial charge in [-0.2, -0.15) is 0 Å². The van der Waals surface area contributed by atoms with Gasteiger partial charge in [-0.3, -0.25) is 14.5 Å². The first kappa shape index (κ1) is 36.6. The van der Waals surface area contributed by atoms with Crippen molar-refractivity contribution in [1.82, 2.24) is 35.5 Å². The minimum atomic E-state index is -1.26. The number of carboxylic acid groups (broad SMARTS) is 1. The Morgan fingerprint density at radius 3 is 2.19 bits per heavy atom. The molecule has 54 heavy (non-hydrogen) atoms. The normalized spacial score (nSPS) is 17.2. The quantitative estimate of drug-likeness (QED) is 0.0316. The molecule has 1 fully saturated rings. The number of fused-ring (bicyclic) bond motifs is 1. The first-order chi connectivity index (χ1) is 26.2. The number of aromatic nitrogens is 5. The molecule has 4 heterocycles. The zero-order valence-electron chi connectivity index (χ0n) is 28.9. The zero-order valence-corrected chi connectivity index (χ0v) is 31.3. The molecular weight excluding hydrogens is 749 g/mol. The lowest BCUT2D eigenvalue weighted by Gasteiger charge is -2.49. The zero-order chi connectivity index (χ0) is 37.8. The summed E-state index contributed by atoms with van der Waals surface area (Å²) in [5.74, 6) is 3.68. The predicted molar refractivity (Wildman–Crippen MR) is 206 cm³/mol. The largest absolute Gasteiger partial charge is 0.477 e. The predicted octanol–water partition coefficient (Wildman–Crippen LogP) is 3.91. The van der Waals surface area contributed by atoms with Crippen molar-refractivity contribution in [1.29, 1.82) is 0 Å². The Morgan fingerprint density at radius 1 is 1.04 bits per heavy atom. The average Bonchev–Trinajstić information content (AvgIpc) is 3.83. The molecule has 2 aliphatic rings. The SMILES string of the molecule is CC(C)O/N=C(/C(=O)N[C@@H]1C(=O)N2C(C(=O)O)=C(CSc3nnnn3N)CS[C@H]12)c1csc(NC(c2ccccc2)(c2ccccc2)c2ccccc2)n1. The number of nitrogens with two attached hydrogens (primary N) is 1. The van der Waals surface area contributed by atoms with Gasteiger partial charge in [-0.15, -0.1) is 27.9 Å². The first-order valence-electron chi connectivity index (χ1n) is 16.7. The van der Waals surface area contributed by atoms with Crippen LogP contribution in [0.1, 0.15) is 36.2 Å². The smallest absolute Gasteiger partial charge is 0.352 e. The van der Waals surface area contributed by atoms with Crippen LogP contribution in [0.3, 0.4) is 0 Å². The molecule has 2 aliphatic heterocycles. The van der Waals surface area contributed by atoms with Crippen LogP contribution in [-0.2, 0) is 24.8 Å². The molecule has 0 unspecified atom stereocenters. The molecule has 2 amide bonds. The fourth-order valence-corrected chi connectivity index (χ4v) is 9.21. The summed E-state index contributed by atoms with van der Waals surface area (Å²) < 4.78 is 0. The van der Waals surface area contributed by atoms with Gasteiger partial charge in [-0.25, -0.2) is 9.78 Å². The third-order valence-corrected chi connectivity index (χ3v) is 11.7. The summed E-state index contributed by atoms with van der Waals surface area (Å²) in [6, 6.07) is 29.1. The monoisotopic (exact) mass is 782 g/mol. The van der Waals surface area contributed by atoms with Crippen molar-refractivity contribution in [2.24, 2.45) is 5.16 Å². The van der Waals surface area contributed by atoms with Crippen LogP contribution in [0.2, 0.25) is 0 Å². The summed E-state index contributed by atoms with van der Waals surface area (Å²) in [6.07, 6.45) is -0.357. The van der Waals surface area contributed by atoms with Crippen LogP contribution >= 0.6 is 34.9 Å². The van der Waals surface area contributed by atoms with Crippen molar-refractivity contribution >= 4 is 63.5 Å². The van der Waals surface area contributed by atoms with E-state index in [0.717, 1.165) is 33.2 Å². The molecule has 0 aliphatic carbocycles. The maximum Gasteiger partial charge on any atom is 0.352 e. The van der Waals surface area contributed by atoms with Gasteiger partial charge in [-0.1, -0.05) is 113 Å². The molecule has 18 heteroatoms. The van der Waals surface area contributed by atoms with Crippen LogP contribution in [0.4, 0.5) is 5.13 Å². The first-order valence-corrected chi connectivity index (χ1v) is 19.6. The highest BCUT2D eigenvalue weighted by molar-refractivity contribution is 8.01. The van der Waals surface area contributed by atoms with E-state index in [1.807, 2.05) is 54.6 Å². The number of aliphatic carboxylic acids is 1. The minimum absolute atomic E-state index is 0.129. The number of carbonyl (C=O) groups is 3. The van der Waals surface area contributed by atoms with E-state index < -0.39 is 34.7 Å². The summed E-state index contributed by atoms with van der Waals surface area (Å²) in [7, 11) is 0. The molecule has 276 valence electrons. The van der Waals surface area contributed by atoms with E-state index in [2.05, 4.69) is 67.7 Å². The Kier molecular flexibility index (Phi) is 10.7. The molecule has 15 nitrogen and oxygen atoms in total. The fraction of sp³-hybridized carbons (Fsp3) is 0.222. The van der Waals surface area contributed by atoms with Crippen LogP contribution in [0, 0.1) is 0 Å². The summed E-state index contributed by atoms with van der Waals surface area (Å²) in [5.41, 5.74) is 2.53. The molecule has 5 aromatic rings. The highest BCUT2D eigenvalue weighted by atomic mass is 32.2. The van der Waals surface area contributed by atoms with Crippen molar-refractivity contribution in [3.8, 4) is 0 Å². The number of rotatable bonds is 14. The lowest BCUT2D eigenvalue weighted by atomic mass is 9.77. The van der Waals surface area contributed by atoms with Gasteiger partial charge in [0, 0.05) is 16.9 Å². The number of benzene rings is 3. The number of nitrogens with one attached hydrogen (secondary N) is 2. The van der Waals surface area contributed by atoms with Gasteiger partial charge in [0.15, 0.2) is 10.8 Å². The van der Waals surface area contributed by atoms with Crippen molar-refractivity contribution in [3.63, 3.8) is 0 Å². The molecule has 0 saturated carbocycles. The number of amides is 2. The second-order valence-corrected chi connectivity index (χ2v) is 15.3. The number of carboxylic acids is 1. The Bertz CT molecular complexity index is 2120. The molecule has 0 spiro atoms. The number of β-lactam (4-membered cyclic amide) rings is 1. The van der Waals surface area contributed by atoms with Gasteiger partial charge in [-0.05, 0) is 46.5 Å². The summed E-state index contributed by atoms with van der Waals surface area (Å²) in [5, 5.41) is 33.5.